The van der Waals surface area contributed by atoms with Crippen LogP contribution in [0.5, 0.6) is 0 Å². The summed E-state index contributed by atoms with van der Waals surface area (Å²) in [5.41, 5.74) is 2.07. The Kier molecular flexibility index (Phi) is 5.91. The fourth-order valence-electron chi connectivity index (χ4n) is 2.40. The van der Waals surface area contributed by atoms with E-state index in [0.717, 1.165) is 47.2 Å². The van der Waals surface area contributed by atoms with Gasteiger partial charge in [-0.1, -0.05) is 44.2 Å². The molecule has 114 valence electrons. The molecule has 1 unspecified atom stereocenters. The molecule has 1 aromatic heterocycles. The highest BCUT2D eigenvalue weighted by atomic mass is 32.1. The number of thiazole rings is 1. The molecule has 0 radical (unpaired) electrons. The molecule has 1 N–H and O–H groups in total. The summed E-state index contributed by atoms with van der Waals surface area (Å²) < 4.78 is 0. The van der Waals surface area contributed by atoms with Crippen molar-refractivity contribution >= 4 is 11.3 Å². The third kappa shape index (κ3) is 4.13. The summed E-state index contributed by atoms with van der Waals surface area (Å²) in [6.07, 6.45) is 0.347. The minimum absolute atomic E-state index is 0.416. The van der Waals surface area contributed by atoms with Crippen LogP contribution in [0.15, 0.2) is 30.3 Å². The first-order chi connectivity index (χ1) is 10.2. The highest BCUT2D eigenvalue weighted by Gasteiger charge is 2.17. The van der Waals surface area contributed by atoms with Gasteiger partial charge in [-0.15, -0.1) is 11.3 Å². The standard InChI is InChI=1S/C17H24N2OS/c1-4-19(5-2)12-11-15(20)16-13(3)18-17(21-16)14-9-7-6-8-10-14/h6-10,15,20H,4-5,11-12H2,1-3H3. The predicted molar refractivity (Wildman–Crippen MR) is 89.7 cm³/mol. The summed E-state index contributed by atoms with van der Waals surface area (Å²) in [6.45, 7) is 9.27. The van der Waals surface area contributed by atoms with Gasteiger partial charge in [-0.25, -0.2) is 4.98 Å². The number of aliphatic hydroxyl groups excluding tert-OH is 1. The molecule has 1 heterocycles. The zero-order valence-electron chi connectivity index (χ0n) is 13.0. The molecule has 0 amide bonds. The van der Waals surface area contributed by atoms with Crippen molar-refractivity contribution in [3.05, 3.63) is 40.9 Å². The Labute approximate surface area is 131 Å². The average molecular weight is 304 g/mol. The minimum atomic E-state index is -0.416. The largest absolute Gasteiger partial charge is 0.387 e. The van der Waals surface area contributed by atoms with Gasteiger partial charge in [-0.3, -0.25) is 0 Å². The molecular formula is C17H24N2OS. The third-order valence-electron chi connectivity index (χ3n) is 3.77. The molecule has 2 rings (SSSR count). The van der Waals surface area contributed by atoms with Crippen molar-refractivity contribution in [1.82, 2.24) is 9.88 Å². The maximum atomic E-state index is 10.4. The molecule has 0 fully saturated rings. The van der Waals surface area contributed by atoms with Crippen LogP contribution in [0.2, 0.25) is 0 Å². The van der Waals surface area contributed by atoms with Gasteiger partial charge < -0.3 is 10.0 Å². The van der Waals surface area contributed by atoms with E-state index in [-0.39, 0.29) is 0 Å². The van der Waals surface area contributed by atoms with Crippen LogP contribution in [0.3, 0.4) is 0 Å². The fourth-order valence-corrected chi connectivity index (χ4v) is 3.49. The molecule has 1 atom stereocenters. The van der Waals surface area contributed by atoms with E-state index >= 15 is 0 Å². The number of benzene rings is 1. The molecule has 0 aliphatic carbocycles. The van der Waals surface area contributed by atoms with E-state index in [9.17, 15) is 5.11 Å². The van der Waals surface area contributed by atoms with Gasteiger partial charge in [0.05, 0.1) is 16.7 Å². The maximum absolute atomic E-state index is 10.4. The summed E-state index contributed by atoms with van der Waals surface area (Å²) in [6, 6.07) is 10.2. The summed E-state index contributed by atoms with van der Waals surface area (Å²) >= 11 is 1.61. The van der Waals surface area contributed by atoms with Crippen molar-refractivity contribution in [3.8, 4) is 10.6 Å². The molecule has 0 spiro atoms. The quantitative estimate of drug-likeness (QED) is 0.843. The summed E-state index contributed by atoms with van der Waals surface area (Å²) in [7, 11) is 0. The van der Waals surface area contributed by atoms with E-state index in [1.807, 2.05) is 25.1 Å². The number of rotatable bonds is 7. The number of aromatic nitrogens is 1. The second-order valence-electron chi connectivity index (χ2n) is 5.17. The Morgan fingerprint density at radius 3 is 2.48 bits per heavy atom. The second-order valence-corrected chi connectivity index (χ2v) is 6.20. The highest BCUT2D eigenvalue weighted by molar-refractivity contribution is 7.15. The lowest BCUT2D eigenvalue weighted by Crippen LogP contribution is -2.25. The normalized spacial score (nSPS) is 12.8. The fraction of sp³-hybridized carbons (Fsp3) is 0.471. The SMILES string of the molecule is CCN(CC)CCC(O)c1sc(-c2ccccc2)nc1C. The molecule has 4 heteroatoms. The predicted octanol–water partition coefficient (Wildman–Crippen LogP) is 3.88. The molecule has 0 saturated heterocycles. The molecule has 1 aromatic carbocycles. The van der Waals surface area contributed by atoms with Crippen molar-refractivity contribution in [2.75, 3.05) is 19.6 Å². The highest BCUT2D eigenvalue weighted by Crippen LogP contribution is 2.32. The molecule has 0 bridgehead atoms. The monoisotopic (exact) mass is 304 g/mol. The summed E-state index contributed by atoms with van der Waals surface area (Å²) in [4.78, 5) is 7.95. The van der Waals surface area contributed by atoms with Gasteiger partial charge in [0.2, 0.25) is 0 Å². The minimum Gasteiger partial charge on any atom is -0.387 e. The Balaban J connectivity index is 2.08. The van der Waals surface area contributed by atoms with Gasteiger partial charge in [-0.2, -0.15) is 0 Å². The van der Waals surface area contributed by atoms with Crippen LogP contribution in [0.4, 0.5) is 0 Å². The van der Waals surface area contributed by atoms with Crippen molar-refractivity contribution in [1.29, 1.82) is 0 Å². The van der Waals surface area contributed by atoms with Gasteiger partial charge in [0.25, 0.3) is 0 Å². The zero-order valence-corrected chi connectivity index (χ0v) is 13.9. The van der Waals surface area contributed by atoms with E-state index in [1.54, 1.807) is 11.3 Å². The molecule has 0 saturated carbocycles. The molecular weight excluding hydrogens is 280 g/mol. The molecule has 0 aliphatic heterocycles. The first-order valence-corrected chi connectivity index (χ1v) is 8.40. The van der Waals surface area contributed by atoms with E-state index in [0.29, 0.717) is 0 Å². The van der Waals surface area contributed by atoms with Crippen LogP contribution in [0.25, 0.3) is 10.6 Å². The second kappa shape index (κ2) is 7.69. The van der Waals surface area contributed by atoms with Crippen molar-refractivity contribution in [2.45, 2.75) is 33.3 Å². The van der Waals surface area contributed by atoms with Crippen LogP contribution >= 0.6 is 11.3 Å². The number of nitrogens with zero attached hydrogens (tertiary/aromatic N) is 2. The third-order valence-corrected chi connectivity index (χ3v) is 5.08. The lowest BCUT2D eigenvalue weighted by Gasteiger charge is -2.19. The maximum Gasteiger partial charge on any atom is 0.123 e. The molecule has 0 aliphatic rings. The topological polar surface area (TPSA) is 36.4 Å². The van der Waals surface area contributed by atoms with Crippen molar-refractivity contribution < 1.29 is 5.11 Å². The molecule has 2 aromatic rings. The first kappa shape index (κ1) is 16.1. The van der Waals surface area contributed by atoms with E-state index in [4.69, 9.17) is 0 Å². The molecule has 21 heavy (non-hydrogen) atoms. The number of aliphatic hydroxyl groups is 1. The number of hydrogen-bond donors (Lipinski definition) is 1. The Morgan fingerprint density at radius 2 is 1.86 bits per heavy atom. The van der Waals surface area contributed by atoms with Crippen molar-refractivity contribution in [3.63, 3.8) is 0 Å². The van der Waals surface area contributed by atoms with Gasteiger partial charge >= 0.3 is 0 Å². The summed E-state index contributed by atoms with van der Waals surface area (Å²) in [5.74, 6) is 0. The van der Waals surface area contributed by atoms with E-state index < -0.39 is 6.10 Å². The van der Waals surface area contributed by atoms with E-state index in [1.165, 1.54) is 0 Å². The van der Waals surface area contributed by atoms with Crippen LogP contribution in [-0.2, 0) is 0 Å². The lowest BCUT2D eigenvalue weighted by atomic mass is 10.2. The molecule has 3 nitrogen and oxygen atoms in total. The van der Waals surface area contributed by atoms with Gasteiger partial charge in [0.15, 0.2) is 0 Å². The van der Waals surface area contributed by atoms with Crippen LogP contribution in [0, 0.1) is 6.92 Å². The van der Waals surface area contributed by atoms with Crippen molar-refractivity contribution in [2.24, 2.45) is 0 Å². The lowest BCUT2D eigenvalue weighted by molar-refractivity contribution is 0.147. The van der Waals surface area contributed by atoms with E-state index in [2.05, 4.69) is 35.9 Å². The average Bonchev–Trinajstić information content (AvgIpc) is 2.91. The smallest absolute Gasteiger partial charge is 0.123 e. The first-order valence-electron chi connectivity index (χ1n) is 7.58. The van der Waals surface area contributed by atoms with Gasteiger partial charge in [-0.05, 0) is 26.4 Å². The Hall–Kier alpha value is -1.23. The Bertz CT molecular complexity index is 549. The zero-order chi connectivity index (χ0) is 15.2. The summed E-state index contributed by atoms with van der Waals surface area (Å²) in [5, 5.41) is 11.4. The van der Waals surface area contributed by atoms with Crippen LogP contribution in [-0.4, -0.2) is 34.6 Å². The van der Waals surface area contributed by atoms with Gasteiger partial charge in [0, 0.05) is 12.1 Å². The van der Waals surface area contributed by atoms with Gasteiger partial charge in [0.1, 0.15) is 5.01 Å². The van der Waals surface area contributed by atoms with Crippen LogP contribution in [0.1, 0.15) is 36.9 Å². The number of hydrogen-bond acceptors (Lipinski definition) is 4. The Morgan fingerprint density at radius 1 is 1.19 bits per heavy atom. The number of aryl methyl sites for hydroxylation is 1. The van der Waals surface area contributed by atoms with Crippen LogP contribution < -0.4 is 0 Å².